The first-order valence-corrected chi connectivity index (χ1v) is 8.15. The maximum Gasteiger partial charge on any atom is 0.293 e. The van der Waals surface area contributed by atoms with E-state index in [1.165, 1.54) is 6.07 Å². The predicted octanol–water partition coefficient (Wildman–Crippen LogP) is 2.60. The molecular formula is C18H20N4O3. The summed E-state index contributed by atoms with van der Waals surface area (Å²) in [7, 11) is 1.62. The number of hydrogen-bond acceptors (Lipinski definition) is 5. The Morgan fingerprint density at radius 2 is 1.76 bits per heavy atom. The molecule has 1 heterocycles. The molecule has 0 spiro atoms. The van der Waals surface area contributed by atoms with E-state index in [0.717, 1.165) is 18.8 Å². The van der Waals surface area contributed by atoms with E-state index < -0.39 is 4.92 Å². The monoisotopic (exact) mass is 340 g/mol. The van der Waals surface area contributed by atoms with Gasteiger partial charge in [-0.25, -0.2) is 0 Å². The van der Waals surface area contributed by atoms with Crippen LogP contribution in [0.4, 0.5) is 17.1 Å². The van der Waals surface area contributed by atoms with E-state index in [4.69, 9.17) is 0 Å². The van der Waals surface area contributed by atoms with Gasteiger partial charge in [-0.3, -0.25) is 14.9 Å². The van der Waals surface area contributed by atoms with Gasteiger partial charge in [-0.15, -0.1) is 0 Å². The Hall–Kier alpha value is -3.09. The van der Waals surface area contributed by atoms with Crippen LogP contribution in [0.25, 0.3) is 0 Å². The minimum absolute atomic E-state index is 0.0868. The van der Waals surface area contributed by atoms with E-state index >= 15 is 0 Å². The summed E-state index contributed by atoms with van der Waals surface area (Å²) in [6.45, 7) is 2.67. The Balaban J connectivity index is 1.70. The zero-order valence-corrected chi connectivity index (χ0v) is 14.0. The van der Waals surface area contributed by atoms with E-state index in [1.807, 2.05) is 18.2 Å². The molecule has 0 unspecified atom stereocenters. The van der Waals surface area contributed by atoms with Crippen molar-refractivity contribution in [3.63, 3.8) is 0 Å². The van der Waals surface area contributed by atoms with Crippen molar-refractivity contribution in [1.82, 2.24) is 4.90 Å². The molecule has 1 saturated heterocycles. The van der Waals surface area contributed by atoms with Crippen molar-refractivity contribution < 1.29 is 9.72 Å². The maximum atomic E-state index is 12.7. The number of carbonyl (C=O) groups excluding carboxylic acids is 1. The fourth-order valence-corrected chi connectivity index (χ4v) is 3.02. The fraction of sp³-hybridized carbons (Fsp3) is 0.278. The first-order valence-electron chi connectivity index (χ1n) is 8.15. The Morgan fingerprint density at radius 1 is 1.08 bits per heavy atom. The van der Waals surface area contributed by atoms with Crippen LogP contribution in [0.3, 0.4) is 0 Å². The molecule has 0 radical (unpaired) electrons. The predicted molar refractivity (Wildman–Crippen MR) is 97.2 cm³/mol. The van der Waals surface area contributed by atoms with Gasteiger partial charge in [-0.05, 0) is 24.3 Å². The van der Waals surface area contributed by atoms with Gasteiger partial charge in [-0.2, -0.15) is 0 Å². The molecule has 7 heteroatoms. The van der Waals surface area contributed by atoms with Crippen LogP contribution in [-0.2, 0) is 0 Å². The minimum Gasteiger partial charge on any atom is -0.383 e. The summed E-state index contributed by atoms with van der Waals surface area (Å²) in [5.74, 6) is -0.168. The zero-order valence-electron chi connectivity index (χ0n) is 14.0. The van der Waals surface area contributed by atoms with Gasteiger partial charge in [0, 0.05) is 50.5 Å². The first-order chi connectivity index (χ1) is 12.1. The lowest BCUT2D eigenvalue weighted by Crippen LogP contribution is -2.48. The molecule has 1 amide bonds. The van der Waals surface area contributed by atoms with Crippen LogP contribution < -0.4 is 10.2 Å². The average Bonchev–Trinajstić information content (AvgIpc) is 2.67. The topological polar surface area (TPSA) is 78.7 Å². The van der Waals surface area contributed by atoms with E-state index in [-0.39, 0.29) is 11.6 Å². The van der Waals surface area contributed by atoms with Gasteiger partial charge >= 0.3 is 0 Å². The number of nitrogens with one attached hydrogen (secondary N) is 1. The van der Waals surface area contributed by atoms with E-state index in [1.54, 1.807) is 24.1 Å². The number of piperazine rings is 1. The molecule has 3 rings (SSSR count). The molecule has 130 valence electrons. The highest BCUT2D eigenvalue weighted by Gasteiger charge is 2.24. The summed E-state index contributed by atoms with van der Waals surface area (Å²) in [6.07, 6.45) is 0. The second kappa shape index (κ2) is 7.21. The molecule has 7 nitrogen and oxygen atoms in total. The molecule has 2 aromatic carbocycles. The number of nitrogens with zero attached hydrogens (tertiary/aromatic N) is 3. The summed E-state index contributed by atoms with van der Waals surface area (Å²) in [5.41, 5.74) is 1.80. The standard InChI is InChI=1S/C18H20N4O3/c1-19-16-8-7-14(13-17(16)22(24)25)18(23)21-11-9-20(10-12-21)15-5-3-2-4-6-15/h2-8,13,19H,9-12H2,1H3. The minimum atomic E-state index is -0.476. The number of benzene rings is 2. The van der Waals surface area contributed by atoms with Crippen molar-refractivity contribution in [1.29, 1.82) is 0 Å². The van der Waals surface area contributed by atoms with E-state index in [9.17, 15) is 14.9 Å². The molecule has 0 aliphatic carbocycles. The molecule has 0 saturated carbocycles. The average molecular weight is 340 g/mol. The molecule has 25 heavy (non-hydrogen) atoms. The van der Waals surface area contributed by atoms with Crippen molar-refractivity contribution >= 4 is 23.0 Å². The molecule has 1 aliphatic rings. The quantitative estimate of drug-likeness (QED) is 0.684. The van der Waals surface area contributed by atoms with Crippen molar-refractivity contribution in [3.8, 4) is 0 Å². The van der Waals surface area contributed by atoms with Crippen molar-refractivity contribution in [3.05, 3.63) is 64.2 Å². The number of para-hydroxylation sites is 1. The van der Waals surface area contributed by atoms with Crippen LogP contribution in [0.5, 0.6) is 0 Å². The molecular weight excluding hydrogens is 320 g/mol. The number of anilines is 2. The van der Waals surface area contributed by atoms with Crippen LogP contribution in [0.2, 0.25) is 0 Å². The number of rotatable bonds is 4. The first kappa shape index (κ1) is 16.8. The third kappa shape index (κ3) is 3.55. The van der Waals surface area contributed by atoms with Crippen LogP contribution in [0, 0.1) is 10.1 Å². The summed E-state index contributed by atoms with van der Waals surface area (Å²) >= 11 is 0. The lowest BCUT2D eigenvalue weighted by molar-refractivity contribution is -0.384. The van der Waals surface area contributed by atoms with E-state index in [0.29, 0.717) is 24.3 Å². The number of carbonyl (C=O) groups is 1. The SMILES string of the molecule is CNc1ccc(C(=O)N2CCN(c3ccccc3)CC2)cc1[N+](=O)[O-]. The third-order valence-corrected chi connectivity index (χ3v) is 4.40. The molecule has 1 N–H and O–H groups in total. The van der Waals surface area contributed by atoms with Crippen LogP contribution >= 0.6 is 0 Å². The lowest BCUT2D eigenvalue weighted by atomic mass is 10.1. The Bertz CT molecular complexity index is 771. The highest BCUT2D eigenvalue weighted by atomic mass is 16.6. The van der Waals surface area contributed by atoms with Gasteiger partial charge in [0.1, 0.15) is 5.69 Å². The Kier molecular flexibility index (Phi) is 4.83. The largest absolute Gasteiger partial charge is 0.383 e. The molecule has 1 aliphatic heterocycles. The number of nitro benzene ring substituents is 1. The molecule has 0 bridgehead atoms. The van der Waals surface area contributed by atoms with Gasteiger partial charge in [0.25, 0.3) is 11.6 Å². The summed E-state index contributed by atoms with van der Waals surface area (Å²) in [5, 5.41) is 13.9. The van der Waals surface area contributed by atoms with Crippen molar-refractivity contribution in [2.24, 2.45) is 0 Å². The van der Waals surface area contributed by atoms with Crippen molar-refractivity contribution in [2.45, 2.75) is 0 Å². The molecule has 0 atom stereocenters. The van der Waals surface area contributed by atoms with Crippen LogP contribution in [-0.4, -0.2) is 49.0 Å². The normalized spacial score (nSPS) is 14.3. The fourth-order valence-electron chi connectivity index (χ4n) is 3.02. The zero-order chi connectivity index (χ0) is 17.8. The Labute approximate surface area is 146 Å². The third-order valence-electron chi connectivity index (χ3n) is 4.40. The molecule has 2 aromatic rings. The van der Waals surface area contributed by atoms with Gasteiger partial charge in [0.2, 0.25) is 0 Å². The summed E-state index contributed by atoms with van der Waals surface area (Å²) in [4.78, 5) is 27.4. The Morgan fingerprint density at radius 3 is 2.36 bits per heavy atom. The summed E-state index contributed by atoms with van der Waals surface area (Å²) < 4.78 is 0. The smallest absolute Gasteiger partial charge is 0.293 e. The summed E-state index contributed by atoms with van der Waals surface area (Å²) in [6, 6.07) is 14.6. The van der Waals surface area contributed by atoms with Gasteiger partial charge in [-0.1, -0.05) is 18.2 Å². The highest BCUT2D eigenvalue weighted by Crippen LogP contribution is 2.26. The second-order valence-electron chi connectivity index (χ2n) is 5.85. The second-order valence-corrected chi connectivity index (χ2v) is 5.85. The van der Waals surface area contributed by atoms with E-state index in [2.05, 4.69) is 22.3 Å². The van der Waals surface area contributed by atoms with Gasteiger partial charge in [0.05, 0.1) is 4.92 Å². The van der Waals surface area contributed by atoms with Crippen LogP contribution in [0.15, 0.2) is 48.5 Å². The molecule has 0 aromatic heterocycles. The molecule has 1 fully saturated rings. The number of amides is 1. The number of hydrogen-bond donors (Lipinski definition) is 1. The number of nitro groups is 1. The highest BCUT2D eigenvalue weighted by molar-refractivity contribution is 5.96. The van der Waals surface area contributed by atoms with Gasteiger partial charge in [0.15, 0.2) is 0 Å². The van der Waals surface area contributed by atoms with Crippen LogP contribution in [0.1, 0.15) is 10.4 Å². The lowest BCUT2D eigenvalue weighted by Gasteiger charge is -2.36. The maximum absolute atomic E-state index is 12.7. The van der Waals surface area contributed by atoms with Crippen molar-refractivity contribution in [2.75, 3.05) is 43.4 Å². The van der Waals surface area contributed by atoms with Gasteiger partial charge < -0.3 is 15.1 Å².